The van der Waals surface area contributed by atoms with Crippen LogP contribution in [-0.4, -0.2) is 4.98 Å². The maximum atomic E-state index is 14.0. The summed E-state index contributed by atoms with van der Waals surface area (Å²) >= 11 is 0. The Hall–Kier alpha value is -2.62. The van der Waals surface area contributed by atoms with Crippen molar-refractivity contribution >= 4 is 16.6 Å². The maximum absolute atomic E-state index is 14.0. The number of hydrogen-bond donors (Lipinski definition) is 1. The Labute approximate surface area is 115 Å². The average Bonchev–Trinajstić information content (AvgIpc) is 2.47. The fourth-order valence-corrected chi connectivity index (χ4v) is 2.06. The second-order valence-electron chi connectivity index (χ2n) is 4.54. The molecule has 0 bridgehead atoms. The van der Waals surface area contributed by atoms with E-state index in [4.69, 9.17) is 10.5 Å². The zero-order valence-corrected chi connectivity index (χ0v) is 10.9. The summed E-state index contributed by atoms with van der Waals surface area (Å²) in [7, 11) is 0. The number of anilines is 1. The number of pyridine rings is 1. The number of nitrogens with two attached hydrogens (primary N) is 1. The third-order valence-corrected chi connectivity index (χ3v) is 3.16. The molecular weight excluding hydrogens is 255 g/mol. The van der Waals surface area contributed by atoms with Gasteiger partial charge in [0.05, 0.1) is 11.2 Å². The second kappa shape index (κ2) is 4.81. The quantitative estimate of drug-likeness (QED) is 0.713. The Morgan fingerprint density at radius 1 is 1.05 bits per heavy atom. The van der Waals surface area contributed by atoms with Crippen molar-refractivity contribution in [1.82, 2.24) is 4.98 Å². The van der Waals surface area contributed by atoms with Crippen LogP contribution in [0.4, 0.5) is 10.1 Å². The van der Waals surface area contributed by atoms with Gasteiger partial charge in [-0.05, 0) is 42.8 Å². The van der Waals surface area contributed by atoms with Crippen molar-refractivity contribution in [2.24, 2.45) is 0 Å². The van der Waals surface area contributed by atoms with Gasteiger partial charge in [-0.2, -0.15) is 0 Å². The Morgan fingerprint density at radius 3 is 2.75 bits per heavy atom. The molecule has 0 amide bonds. The minimum absolute atomic E-state index is 0.167. The number of halogens is 1. The van der Waals surface area contributed by atoms with Crippen LogP contribution in [0.1, 0.15) is 5.56 Å². The molecule has 1 heterocycles. The highest BCUT2D eigenvalue weighted by molar-refractivity contribution is 5.93. The number of aromatic nitrogens is 1. The molecule has 20 heavy (non-hydrogen) atoms. The molecule has 3 aromatic rings. The van der Waals surface area contributed by atoms with Gasteiger partial charge >= 0.3 is 0 Å². The lowest BCUT2D eigenvalue weighted by Crippen LogP contribution is -1.96. The number of rotatable bonds is 2. The second-order valence-corrected chi connectivity index (χ2v) is 4.54. The first kappa shape index (κ1) is 12.4. The number of nitrogens with zero attached hydrogens (tertiary/aromatic N) is 1. The Balaban J connectivity index is 2.07. The summed E-state index contributed by atoms with van der Waals surface area (Å²) in [6, 6.07) is 12.2. The molecule has 0 saturated carbocycles. The van der Waals surface area contributed by atoms with Crippen molar-refractivity contribution in [3.05, 3.63) is 60.0 Å². The summed E-state index contributed by atoms with van der Waals surface area (Å²) in [4.78, 5) is 4.21. The topological polar surface area (TPSA) is 48.1 Å². The number of hydrogen-bond acceptors (Lipinski definition) is 3. The van der Waals surface area contributed by atoms with Gasteiger partial charge in [-0.3, -0.25) is 4.98 Å². The van der Waals surface area contributed by atoms with Gasteiger partial charge in [0, 0.05) is 11.6 Å². The molecule has 100 valence electrons. The lowest BCUT2D eigenvalue weighted by molar-refractivity contribution is 0.442. The standard InChI is InChI=1S/C16H13FN2O/c1-10-4-2-6-13(15(10)17)20-14-8-7-12-11(16(14)18)5-3-9-19-12/h2-9H,18H2,1H3. The lowest BCUT2D eigenvalue weighted by atomic mass is 10.1. The zero-order chi connectivity index (χ0) is 14.1. The molecule has 0 atom stereocenters. The van der Waals surface area contributed by atoms with Gasteiger partial charge in [-0.15, -0.1) is 0 Å². The Morgan fingerprint density at radius 2 is 1.90 bits per heavy atom. The molecule has 0 radical (unpaired) electrons. The summed E-state index contributed by atoms with van der Waals surface area (Å²) in [5.74, 6) is 0.216. The van der Waals surface area contributed by atoms with Crippen LogP contribution < -0.4 is 10.5 Å². The first-order chi connectivity index (χ1) is 9.66. The number of aryl methyl sites for hydroxylation is 1. The van der Waals surface area contributed by atoms with E-state index >= 15 is 0 Å². The highest BCUT2D eigenvalue weighted by Gasteiger charge is 2.11. The molecule has 2 N–H and O–H groups in total. The van der Waals surface area contributed by atoms with E-state index in [2.05, 4.69) is 4.98 Å². The molecule has 3 nitrogen and oxygen atoms in total. The molecule has 1 aromatic heterocycles. The highest BCUT2D eigenvalue weighted by atomic mass is 19.1. The highest BCUT2D eigenvalue weighted by Crippen LogP contribution is 2.34. The summed E-state index contributed by atoms with van der Waals surface area (Å²) in [6.45, 7) is 1.69. The number of nitrogen functional groups attached to an aromatic ring is 1. The van der Waals surface area contributed by atoms with E-state index in [0.29, 0.717) is 17.0 Å². The SMILES string of the molecule is Cc1cccc(Oc2ccc3ncccc3c2N)c1F. The van der Waals surface area contributed by atoms with E-state index in [-0.39, 0.29) is 11.6 Å². The molecule has 0 aliphatic rings. The van der Waals surface area contributed by atoms with Crippen molar-refractivity contribution in [1.29, 1.82) is 0 Å². The van der Waals surface area contributed by atoms with Gasteiger partial charge in [-0.25, -0.2) is 4.39 Å². The van der Waals surface area contributed by atoms with Crippen molar-refractivity contribution in [2.45, 2.75) is 6.92 Å². The number of ether oxygens (including phenoxy) is 1. The first-order valence-corrected chi connectivity index (χ1v) is 6.23. The third-order valence-electron chi connectivity index (χ3n) is 3.16. The molecule has 4 heteroatoms. The molecule has 0 spiro atoms. The molecule has 0 aliphatic carbocycles. The molecule has 0 saturated heterocycles. The van der Waals surface area contributed by atoms with Crippen LogP contribution in [0.5, 0.6) is 11.5 Å². The predicted molar refractivity (Wildman–Crippen MR) is 77.4 cm³/mol. The van der Waals surface area contributed by atoms with Crippen LogP contribution in [0.2, 0.25) is 0 Å². The minimum Gasteiger partial charge on any atom is -0.452 e. The third kappa shape index (κ3) is 2.05. The smallest absolute Gasteiger partial charge is 0.168 e. The normalized spacial score (nSPS) is 10.7. The molecule has 0 fully saturated rings. The van der Waals surface area contributed by atoms with Crippen LogP contribution >= 0.6 is 0 Å². The zero-order valence-electron chi connectivity index (χ0n) is 10.9. The molecule has 0 unspecified atom stereocenters. The number of fused-ring (bicyclic) bond motifs is 1. The lowest BCUT2D eigenvalue weighted by Gasteiger charge is -2.11. The first-order valence-electron chi connectivity index (χ1n) is 6.23. The van der Waals surface area contributed by atoms with Crippen molar-refractivity contribution in [3.8, 4) is 11.5 Å². The number of benzene rings is 2. The van der Waals surface area contributed by atoms with Crippen molar-refractivity contribution in [3.63, 3.8) is 0 Å². The predicted octanol–water partition coefficient (Wildman–Crippen LogP) is 4.06. The fraction of sp³-hybridized carbons (Fsp3) is 0.0625. The summed E-state index contributed by atoms with van der Waals surface area (Å²) in [5.41, 5.74) is 7.83. The van der Waals surface area contributed by atoms with Crippen molar-refractivity contribution < 1.29 is 9.13 Å². The molecular formula is C16H13FN2O. The van der Waals surface area contributed by atoms with E-state index < -0.39 is 0 Å². The van der Waals surface area contributed by atoms with E-state index in [1.165, 1.54) is 0 Å². The summed E-state index contributed by atoms with van der Waals surface area (Å²) in [6.07, 6.45) is 1.70. The van der Waals surface area contributed by atoms with E-state index in [1.807, 2.05) is 6.07 Å². The molecule has 3 rings (SSSR count). The Kier molecular flexibility index (Phi) is 2.99. The minimum atomic E-state index is -0.377. The summed E-state index contributed by atoms with van der Waals surface area (Å²) < 4.78 is 19.6. The van der Waals surface area contributed by atoms with E-state index in [9.17, 15) is 4.39 Å². The maximum Gasteiger partial charge on any atom is 0.168 e. The van der Waals surface area contributed by atoms with Gasteiger partial charge in [-0.1, -0.05) is 12.1 Å². The fourth-order valence-electron chi connectivity index (χ4n) is 2.06. The van der Waals surface area contributed by atoms with Crippen molar-refractivity contribution in [2.75, 3.05) is 5.73 Å². The molecule has 2 aromatic carbocycles. The Bertz CT molecular complexity index is 787. The van der Waals surface area contributed by atoms with Crippen LogP contribution in [0.3, 0.4) is 0 Å². The largest absolute Gasteiger partial charge is 0.452 e. The summed E-state index contributed by atoms with van der Waals surface area (Å²) in [5, 5.41) is 0.790. The van der Waals surface area contributed by atoms with Gasteiger partial charge in [0.2, 0.25) is 0 Å². The van der Waals surface area contributed by atoms with Crippen LogP contribution in [-0.2, 0) is 0 Å². The molecule has 0 aliphatic heterocycles. The van der Waals surface area contributed by atoms with Gasteiger partial charge in [0.25, 0.3) is 0 Å². The monoisotopic (exact) mass is 268 g/mol. The van der Waals surface area contributed by atoms with Crippen LogP contribution in [0.25, 0.3) is 10.9 Å². The average molecular weight is 268 g/mol. The van der Waals surface area contributed by atoms with Crippen LogP contribution in [0, 0.1) is 12.7 Å². The van der Waals surface area contributed by atoms with E-state index in [0.717, 1.165) is 10.9 Å². The van der Waals surface area contributed by atoms with Gasteiger partial charge < -0.3 is 10.5 Å². The van der Waals surface area contributed by atoms with E-state index in [1.54, 1.807) is 49.5 Å². The van der Waals surface area contributed by atoms with Crippen LogP contribution in [0.15, 0.2) is 48.7 Å². The van der Waals surface area contributed by atoms with Gasteiger partial charge in [0.15, 0.2) is 17.3 Å². The van der Waals surface area contributed by atoms with Gasteiger partial charge in [0.1, 0.15) is 0 Å².